The smallest absolute Gasteiger partial charge is 0.362 e. The molecule has 1 amide bonds. The van der Waals surface area contributed by atoms with Gasteiger partial charge in [-0.3, -0.25) is 9.48 Å². The van der Waals surface area contributed by atoms with Crippen molar-refractivity contribution in [3.8, 4) is 0 Å². The van der Waals surface area contributed by atoms with E-state index in [1.165, 1.54) is 0 Å². The third kappa shape index (κ3) is 6.55. The number of amides is 1. The molecule has 0 radical (unpaired) electrons. The molecule has 0 atom stereocenters. The maximum absolute atomic E-state index is 11.8. The van der Waals surface area contributed by atoms with E-state index in [1.807, 2.05) is 24.6 Å². The Labute approximate surface area is 115 Å². The summed E-state index contributed by atoms with van der Waals surface area (Å²) in [6.45, 7) is 2.84. The van der Waals surface area contributed by atoms with Crippen LogP contribution in [0, 0.1) is 13.8 Å². The van der Waals surface area contributed by atoms with Gasteiger partial charge in [0.05, 0.1) is 5.69 Å². The Bertz CT molecular complexity index is 444. The summed E-state index contributed by atoms with van der Waals surface area (Å²) in [7, 11) is 0. The third-order valence-corrected chi connectivity index (χ3v) is 2.47. The van der Waals surface area contributed by atoms with E-state index in [2.05, 4.69) is 15.2 Å². The second kappa shape index (κ2) is 7.28. The molecule has 0 saturated carbocycles. The summed E-state index contributed by atoms with van der Waals surface area (Å²) in [6, 6.07) is 1.95. The highest BCUT2D eigenvalue weighted by atomic mass is 19.4. The zero-order chi connectivity index (χ0) is 15.2. The summed E-state index contributed by atoms with van der Waals surface area (Å²) >= 11 is 0. The molecule has 0 fully saturated rings. The molecule has 0 bridgehead atoms. The number of hydrogen-bond acceptors (Lipinski definition) is 3. The van der Waals surface area contributed by atoms with Crippen molar-refractivity contribution in [3.63, 3.8) is 0 Å². The summed E-state index contributed by atoms with van der Waals surface area (Å²) in [5, 5.41) is 6.75. The number of aromatic nitrogens is 2. The van der Waals surface area contributed by atoms with E-state index >= 15 is 0 Å². The molecule has 1 aromatic rings. The lowest BCUT2D eigenvalue weighted by atomic mass is 10.4. The van der Waals surface area contributed by atoms with Crippen LogP contribution >= 0.6 is 0 Å². The highest BCUT2D eigenvalue weighted by molar-refractivity contribution is 5.77. The van der Waals surface area contributed by atoms with E-state index in [9.17, 15) is 18.0 Å². The van der Waals surface area contributed by atoms with Gasteiger partial charge in [-0.1, -0.05) is 0 Å². The fraction of sp³-hybridized carbons (Fsp3) is 0.667. The molecule has 0 aliphatic heterocycles. The van der Waals surface area contributed by atoms with Gasteiger partial charge in [-0.2, -0.15) is 18.3 Å². The first-order valence-electron chi connectivity index (χ1n) is 6.20. The van der Waals surface area contributed by atoms with Crippen LogP contribution in [0.3, 0.4) is 0 Å². The number of halogens is 3. The number of alkyl halides is 3. The molecule has 8 heteroatoms. The molecule has 1 rings (SSSR count). The Balaban J connectivity index is 2.12. The fourth-order valence-electron chi connectivity index (χ4n) is 1.67. The van der Waals surface area contributed by atoms with Crippen LogP contribution in [-0.2, 0) is 16.1 Å². The zero-order valence-electron chi connectivity index (χ0n) is 11.5. The summed E-state index contributed by atoms with van der Waals surface area (Å²) in [6.07, 6.45) is -3.76. The van der Waals surface area contributed by atoms with Crippen molar-refractivity contribution in [2.75, 3.05) is 19.8 Å². The zero-order valence-corrected chi connectivity index (χ0v) is 11.5. The number of hydrogen-bond donors (Lipinski definition) is 1. The number of carbonyl (C=O) groups excluding carboxylic acids is 1. The van der Waals surface area contributed by atoms with Gasteiger partial charge in [0.2, 0.25) is 5.91 Å². The number of nitrogens with zero attached hydrogens (tertiary/aromatic N) is 2. The van der Waals surface area contributed by atoms with Crippen molar-refractivity contribution in [2.45, 2.75) is 33.0 Å². The normalized spacial score (nSPS) is 11.7. The molecule has 0 aliphatic rings. The number of carbonyl (C=O) groups is 1. The Kier molecular flexibility index (Phi) is 6.00. The molecule has 0 unspecified atom stereocenters. The summed E-state index contributed by atoms with van der Waals surface area (Å²) in [4.78, 5) is 11.2. The van der Waals surface area contributed by atoms with Crippen LogP contribution in [0.4, 0.5) is 13.2 Å². The molecule has 20 heavy (non-hydrogen) atoms. The minimum Gasteiger partial charge on any atom is -0.362 e. The van der Waals surface area contributed by atoms with Crippen LogP contribution in [0.2, 0.25) is 0 Å². The van der Waals surface area contributed by atoms with Gasteiger partial charge in [-0.15, -0.1) is 0 Å². The SMILES string of the molecule is Cc1cc(C)n(CCCNC(=O)COCC(F)(F)F)n1. The molecule has 5 nitrogen and oxygen atoms in total. The van der Waals surface area contributed by atoms with Crippen LogP contribution in [-0.4, -0.2) is 41.6 Å². The predicted molar refractivity (Wildman–Crippen MR) is 66.2 cm³/mol. The van der Waals surface area contributed by atoms with Crippen LogP contribution in [0.5, 0.6) is 0 Å². The predicted octanol–water partition coefficient (Wildman–Crippen LogP) is 1.59. The summed E-state index contributed by atoms with van der Waals surface area (Å²) in [5.41, 5.74) is 1.95. The van der Waals surface area contributed by atoms with Gasteiger partial charge in [-0.25, -0.2) is 0 Å². The van der Waals surface area contributed by atoms with Gasteiger partial charge in [0, 0.05) is 18.8 Å². The fourth-order valence-corrected chi connectivity index (χ4v) is 1.67. The molecular formula is C12H18F3N3O2. The van der Waals surface area contributed by atoms with Crippen molar-refractivity contribution in [1.82, 2.24) is 15.1 Å². The minimum atomic E-state index is -4.41. The molecule has 1 N–H and O–H groups in total. The van der Waals surface area contributed by atoms with Crippen molar-refractivity contribution in [1.29, 1.82) is 0 Å². The number of aryl methyl sites for hydroxylation is 3. The lowest BCUT2D eigenvalue weighted by molar-refractivity contribution is -0.175. The molecular weight excluding hydrogens is 275 g/mol. The Morgan fingerprint density at radius 3 is 2.70 bits per heavy atom. The van der Waals surface area contributed by atoms with E-state index in [0.717, 1.165) is 11.4 Å². The molecule has 0 aromatic carbocycles. The highest BCUT2D eigenvalue weighted by Crippen LogP contribution is 2.13. The lowest BCUT2D eigenvalue weighted by Crippen LogP contribution is -2.31. The van der Waals surface area contributed by atoms with Gasteiger partial charge < -0.3 is 10.1 Å². The largest absolute Gasteiger partial charge is 0.411 e. The van der Waals surface area contributed by atoms with Crippen LogP contribution in [0.1, 0.15) is 17.8 Å². The van der Waals surface area contributed by atoms with Crippen LogP contribution in [0.25, 0.3) is 0 Å². The first-order chi connectivity index (χ1) is 9.28. The standard InChI is InChI=1S/C12H18F3N3O2/c1-9-6-10(2)18(17-9)5-3-4-16-11(19)7-20-8-12(13,14)15/h6H,3-5,7-8H2,1-2H3,(H,16,19). The Morgan fingerprint density at radius 2 is 2.15 bits per heavy atom. The van der Waals surface area contributed by atoms with E-state index in [1.54, 1.807) is 0 Å². The van der Waals surface area contributed by atoms with Crippen molar-refractivity contribution < 1.29 is 22.7 Å². The van der Waals surface area contributed by atoms with Gasteiger partial charge in [0.1, 0.15) is 13.2 Å². The average molecular weight is 293 g/mol. The highest BCUT2D eigenvalue weighted by Gasteiger charge is 2.27. The van der Waals surface area contributed by atoms with Gasteiger partial charge in [-0.05, 0) is 26.3 Å². The van der Waals surface area contributed by atoms with Gasteiger partial charge >= 0.3 is 6.18 Å². The summed E-state index contributed by atoms with van der Waals surface area (Å²) < 4.78 is 41.4. The van der Waals surface area contributed by atoms with E-state index in [-0.39, 0.29) is 0 Å². The first kappa shape index (κ1) is 16.5. The maximum Gasteiger partial charge on any atom is 0.411 e. The van der Waals surface area contributed by atoms with Gasteiger partial charge in [0.25, 0.3) is 0 Å². The molecule has 1 heterocycles. The molecule has 0 spiro atoms. The Hall–Kier alpha value is -1.57. The number of ether oxygens (including phenoxy) is 1. The number of nitrogens with one attached hydrogen (secondary N) is 1. The summed E-state index contributed by atoms with van der Waals surface area (Å²) in [5.74, 6) is -0.553. The van der Waals surface area contributed by atoms with E-state index in [0.29, 0.717) is 19.5 Å². The molecule has 0 aliphatic carbocycles. The second-order valence-corrected chi connectivity index (χ2v) is 4.46. The molecule has 0 saturated heterocycles. The minimum absolute atomic E-state index is 0.368. The monoisotopic (exact) mass is 293 g/mol. The van der Waals surface area contributed by atoms with Crippen LogP contribution < -0.4 is 5.32 Å². The van der Waals surface area contributed by atoms with Crippen molar-refractivity contribution in [2.24, 2.45) is 0 Å². The molecule has 114 valence electrons. The average Bonchev–Trinajstić information content (AvgIpc) is 2.62. The second-order valence-electron chi connectivity index (χ2n) is 4.46. The Morgan fingerprint density at radius 1 is 1.45 bits per heavy atom. The topological polar surface area (TPSA) is 56.2 Å². The quantitative estimate of drug-likeness (QED) is 0.777. The lowest BCUT2D eigenvalue weighted by Gasteiger charge is -2.08. The van der Waals surface area contributed by atoms with Crippen molar-refractivity contribution >= 4 is 5.91 Å². The maximum atomic E-state index is 11.8. The third-order valence-electron chi connectivity index (χ3n) is 2.47. The first-order valence-corrected chi connectivity index (χ1v) is 6.20. The molecule has 1 aromatic heterocycles. The van der Waals surface area contributed by atoms with E-state index in [4.69, 9.17) is 0 Å². The van der Waals surface area contributed by atoms with Crippen molar-refractivity contribution in [3.05, 3.63) is 17.5 Å². The number of rotatable bonds is 7. The van der Waals surface area contributed by atoms with E-state index < -0.39 is 25.3 Å². The van der Waals surface area contributed by atoms with Crippen LogP contribution in [0.15, 0.2) is 6.07 Å². The van der Waals surface area contributed by atoms with Gasteiger partial charge in [0.15, 0.2) is 0 Å².